The van der Waals surface area contributed by atoms with Gasteiger partial charge < -0.3 is 5.11 Å². The highest BCUT2D eigenvalue weighted by atomic mass is 16.3. The normalized spacial score (nSPS) is 15.5. The summed E-state index contributed by atoms with van der Waals surface area (Å²) in [6, 6.07) is 3.33. The van der Waals surface area contributed by atoms with E-state index in [2.05, 4.69) is 4.98 Å². The number of carbonyl (C=O) groups excluding carboxylic acids is 1. The van der Waals surface area contributed by atoms with Crippen molar-refractivity contribution in [3.05, 3.63) is 30.1 Å². The fraction of sp³-hybridized carbons (Fsp3) is 0.250. The predicted molar refractivity (Wildman–Crippen MR) is 39.9 cm³/mol. The van der Waals surface area contributed by atoms with E-state index in [9.17, 15) is 9.90 Å². The molecule has 0 radical (unpaired) electrons. The Kier molecular flexibility index (Phi) is 2.01. The van der Waals surface area contributed by atoms with Crippen LogP contribution in [0.4, 0.5) is 0 Å². The summed E-state index contributed by atoms with van der Waals surface area (Å²) in [7, 11) is 0. The molecule has 1 heterocycles. The van der Waals surface area contributed by atoms with Crippen LogP contribution in [0, 0.1) is 0 Å². The molecule has 0 bridgehead atoms. The van der Waals surface area contributed by atoms with Gasteiger partial charge in [-0.3, -0.25) is 9.78 Å². The molecule has 11 heavy (non-hydrogen) atoms. The summed E-state index contributed by atoms with van der Waals surface area (Å²) in [5.41, 5.74) is -0.899. The Hall–Kier alpha value is -1.22. The van der Waals surface area contributed by atoms with Crippen LogP contribution in [0.25, 0.3) is 0 Å². The van der Waals surface area contributed by atoms with Gasteiger partial charge in [-0.1, -0.05) is 6.07 Å². The predicted octanol–water partition coefficient (Wildman–Crippen LogP) is 0.488. The number of aliphatic hydroxyl groups is 1. The van der Waals surface area contributed by atoms with Gasteiger partial charge in [0.2, 0.25) is 0 Å². The second-order valence-corrected chi connectivity index (χ2v) is 2.51. The monoisotopic (exact) mass is 151 g/mol. The molecule has 1 N–H and O–H groups in total. The first-order chi connectivity index (χ1) is 5.17. The molecular weight excluding hydrogens is 142 g/mol. The zero-order valence-electron chi connectivity index (χ0n) is 6.19. The molecule has 1 unspecified atom stereocenters. The van der Waals surface area contributed by atoms with Crippen molar-refractivity contribution >= 4 is 6.29 Å². The molecule has 1 aromatic rings. The maximum absolute atomic E-state index is 10.3. The van der Waals surface area contributed by atoms with Crippen LogP contribution in [0.5, 0.6) is 0 Å². The molecule has 0 aliphatic carbocycles. The summed E-state index contributed by atoms with van der Waals surface area (Å²) in [6.07, 6.45) is 3.54. The maximum atomic E-state index is 10.3. The maximum Gasteiger partial charge on any atom is 0.155 e. The van der Waals surface area contributed by atoms with Crippen molar-refractivity contribution in [2.45, 2.75) is 12.5 Å². The first-order valence-electron chi connectivity index (χ1n) is 3.26. The van der Waals surface area contributed by atoms with Crippen molar-refractivity contribution < 1.29 is 9.90 Å². The number of pyridine rings is 1. The number of hydrogen-bond donors (Lipinski definition) is 1. The van der Waals surface area contributed by atoms with E-state index in [-0.39, 0.29) is 0 Å². The second kappa shape index (κ2) is 2.80. The molecule has 58 valence electrons. The van der Waals surface area contributed by atoms with Gasteiger partial charge in [-0.15, -0.1) is 0 Å². The highest BCUT2D eigenvalue weighted by molar-refractivity contribution is 5.64. The molecule has 0 amide bonds. The molecule has 0 fully saturated rings. The molecular formula is C8H9NO2. The van der Waals surface area contributed by atoms with Crippen LogP contribution in [0.1, 0.15) is 12.5 Å². The van der Waals surface area contributed by atoms with Crippen LogP contribution in [-0.2, 0) is 10.4 Å². The van der Waals surface area contributed by atoms with Crippen LogP contribution in [-0.4, -0.2) is 16.4 Å². The van der Waals surface area contributed by atoms with Gasteiger partial charge in [-0.2, -0.15) is 0 Å². The Morgan fingerprint density at radius 1 is 1.73 bits per heavy atom. The number of carbonyl (C=O) groups is 1. The number of hydrogen-bond acceptors (Lipinski definition) is 3. The molecule has 1 rings (SSSR count). The van der Waals surface area contributed by atoms with Gasteiger partial charge in [0.25, 0.3) is 0 Å². The van der Waals surface area contributed by atoms with E-state index in [0.717, 1.165) is 0 Å². The third-order valence-corrected chi connectivity index (χ3v) is 1.48. The summed E-state index contributed by atoms with van der Waals surface area (Å²) in [5.74, 6) is 0. The van der Waals surface area contributed by atoms with Crippen LogP contribution in [0.2, 0.25) is 0 Å². The number of aldehydes is 1. The molecule has 1 aromatic heterocycles. The molecule has 0 saturated heterocycles. The Morgan fingerprint density at radius 2 is 2.45 bits per heavy atom. The first-order valence-corrected chi connectivity index (χ1v) is 3.26. The number of aromatic nitrogens is 1. The molecule has 0 spiro atoms. The summed E-state index contributed by atoms with van der Waals surface area (Å²) < 4.78 is 0. The highest BCUT2D eigenvalue weighted by Crippen LogP contribution is 2.15. The van der Waals surface area contributed by atoms with E-state index in [1.807, 2.05) is 0 Å². The second-order valence-electron chi connectivity index (χ2n) is 2.51. The Balaban J connectivity index is 3.02. The Labute approximate surface area is 64.7 Å². The zero-order valence-corrected chi connectivity index (χ0v) is 6.19. The van der Waals surface area contributed by atoms with E-state index in [0.29, 0.717) is 11.8 Å². The largest absolute Gasteiger partial charge is 0.378 e. The molecule has 3 heteroatoms. The van der Waals surface area contributed by atoms with Crippen molar-refractivity contribution in [2.24, 2.45) is 0 Å². The highest BCUT2D eigenvalue weighted by Gasteiger charge is 2.21. The van der Waals surface area contributed by atoms with Gasteiger partial charge in [0.1, 0.15) is 5.60 Å². The average molecular weight is 151 g/mol. The van der Waals surface area contributed by atoms with E-state index >= 15 is 0 Å². The SMILES string of the molecule is CC(O)(C=O)c1cccnc1. The first kappa shape index (κ1) is 7.88. The smallest absolute Gasteiger partial charge is 0.155 e. The van der Waals surface area contributed by atoms with Crippen molar-refractivity contribution in [3.63, 3.8) is 0 Å². The van der Waals surface area contributed by atoms with E-state index in [1.54, 1.807) is 18.3 Å². The zero-order chi connectivity index (χ0) is 8.32. The molecule has 0 saturated carbocycles. The minimum Gasteiger partial charge on any atom is -0.378 e. The van der Waals surface area contributed by atoms with Gasteiger partial charge in [-0.25, -0.2) is 0 Å². The fourth-order valence-corrected chi connectivity index (χ4v) is 0.730. The quantitative estimate of drug-likeness (QED) is 0.626. The summed E-state index contributed by atoms with van der Waals surface area (Å²) >= 11 is 0. The van der Waals surface area contributed by atoms with E-state index in [1.165, 1.54) is 13.1 Å². The van der Waals surface area contributed by atoms with Gasteiger partial charge in [0.15, 0.2) is 6.29 Å². The summed E-state index contributed by atoms with van der Waals surface area (Å²) in [6.45, 7) is 1.43. The number of nitrogens with zero attached hydrogens (tertiary/aromatic N) is 1. The Morgan fingerprint density at radius 3 is 2.91 bits per heavy atom. The molecule has 0 aliphatic heterocycles. The lowest BCUT2D eigenvalue weighted by Crippen LogP contribution is -2.22. The van der Waals surface area contributed by atoms with E-state index < -0.39 is 5.60 Å². The van der Waals surface area contributed by atoms with Crippen LogP contribution in [0.15, 0.2) is 24.5 Å². The third-order valence-electron chi connectivity index (χ3n) is 1.48. The van der Waals surface area contributed by atoms with Crippen molar-refractivity contribution in [3.8, 4) is 0 Å². The molecule has 0 aliphatic rings. The van der Waals surface area contributed by atoms with Crippen molar-refractivity contribution in [1.82, 2.24) is 4.98 Å². The summed E-state index contributed by atoms with van der Waals surface area (Å²) in [4.78, 5) is 14.1. The van der Waals surface area contributed by atoms with Gasteiger partial charge in [-0.05, 0) is 13.0 Å². The van der Waals surface area contributed by atoms with Crippen molar-refractivity contribution in [1.29, 1.82) is 0 Å². The van der Waals surface area contributed by atoms with Gasteiger partial charge in [0.05, 0.1) is 0 Å². The molecule has 3 nitrogen and oxygen atoms in total. The van der Waals surface area contributed by atoms with Crippen LogP contribution < -0.4 is 0 Å². The van der Waals surface area contributed by atoms with Crippen LogP contribution in [0.3, 0.4) is 0 Å². The van der Waals surface area contributed by atoms with Gasteiger partial charge >= 0.3 is 0 Å². The van der Waals surface area contributed by atoms with Crippen LogP contribution >= 0.6 is 0 Å². The molecule has 0 aromatic carbocycles. The average Bonchev–Trinajstić information content (AvgIpc) is 2.06. The Bertz CT molecular complexity index is 244. The lowest BCUT2D eigenvalue weighted by atomic mass is 10.0. The fourth-order valence-electron chi connectivity index (χ4n) is 0.730. The lowest BCUT2D eigenvalue weighted by Gasteiger charge is -2.14. The van der Waals surface area contributed by atoms with Gasteiger partial charge in [0, 0.05) is 18.0 Å². The minimum atomic E-state index is -1.41. The van der Waals surface area contributed by atoms with E-state index in [4.69, 9.17) is 0 Å². The minimum absolute atomic E-state index is 0.490. The third kappa shape index (κ3) is 1.62. The lowest BCUT2D eigenvalue weighted by molar-refractivity contribution is -0.123. The van der Waals surface area contributed by atoms with Crippen molar-refractivity contribution in [2.75, 3.05) is 0 Å². The summed E-state index contributed by atoms with van der Waals surface area (Å²) in [5, 5.41) is 9.39. The topological polar surface area (TPSA) is 50.2 Å². The molecule has 1 atom stereocenters. The standard InChI is InChI=1S/C8H9NO2/c1-8(11,6-10)7-3-2-4-9-5-7/h2-6,11H,1H3. The number of rotatable bonds is 2.